The summed E-state index contributed by atoms with van der Waals surface area (Å²) < 4.78 is 0.967. The number of fused-ring (bicyclic) bond motifs is 1. The Kier molecular flexibility index (Phi) is 4.16. The van der Waals surface area contributed by atoms with Crippen molar-refractivity contribution in [3.63, 3.8) is 0 Å². The third-order valence-corrected chi connectivity index (χ3v) is 3.44. The summed E-state index contributed by atoms with van der Waals surface area (Å²) in [5.41, 5.74) is 0.844. The minimum atomic E-state index is -0.0890. The molecule has 18 heavy (non-hydrogen) atoms. The van der Waals surface area contributed by atoms with E-state index in [1.807, 2.05) is 26.0 Å². The number of benzene rings is 1. The SMILES string of the molecule is CC(C)NCC(=O)Nc1nc2ccc(Cl)cc2s1. The molecule has 0 aliphatic carbocycles. The zero-order valence-corrected chi connectivity index (χ0v) is 11.7. The summed E-state index contributed by atoms with van der Waals surface area (Å²) in [4.78, 5) is 15.9. The van der Waals surface area contributed by atoms with Crippen LogP contribution in [0.5, 0.6) is 0 Å². The number of anilines is 1. The molecule has 0 saturated carbocycles. The average molecular weight is 284 g/mol. The summed E-state index contributed by atoms with van der Waals surface area (Å²) >= 11 is 7.32. The number of nitrogens with one attached hydrogen (secondary N) is 2. The van der Waals surface area contributed by atoms with Crippen molar-refractivity contribution in [3.05, 3.63) is 23.2 Å². The minimum absolute atomic E-state index is 0.0890. The number of carbonyl (C=O) groups excluding carboxylic acids is 1. The average Bonchev–Trinajstić information content (AvgIpc) is 2.67. The smallest absolute Gasteiger partial charge is 0.240 e. The van der Waals surface area contributed by atoms with Crippen molar-refractivity contribution in [1.82, 2.24) is 10.3 Å². The number of nitrogens with zero attached hydrogens (tertiary/aromatic N) is 1. The van der Waals surface area contributed by atoms with Gasteiger partial charge in [-0.15, -0.1) is 0 Å². The lowest BCUT2D eigenvalue weighted by molar-refractivity contribution is -0.115. The molecule has 1 heterocycles. The Labute approximate surface area is 114 Å². The third-order valence-electron chi connectivity index (χ3n) is 2.27. The van der Waals surface area contributed by atoms with Crippen molar-refractivity contribution in [2.24, 2.45) is 0 Å². The van der Waals surface area contributed by atoms with Crippen LogP contribution >= 0.6 is 22.9 Å². The van der Waals surface area contributed by atoms with E-state index in [1.165, 1.54) is 11.3 Å². The zero-order valence-electron chi connectivity index (χ0n) is 10.2. The lowest BCUT2D eigenvalue weighted by Gasteiger charge is -2.06. The largest absolute Gasteiger partial charge is 0.306 e. The van der Waals surface area contributed by atoms with Crippen molar-refractivity contribution >= 4 is 44.2 Å². The molecule has 0 unspecified atom stereocenters. The number of rotatable bonds is 4. The summed E-state index contributed by atoms with van der Waals surface area (Å²) in [5, 5.41) is 7.09. The fourth-order valence-corrected chi connectivity index (χ4v) is 2.57. The van der Waals surface area contributed by atoms with E-state index in [9.17, 15) is 4.79 Å². The van der Waals surface area contributed by atoms with E-state index in [0.29, 0.717) is 10.2 Å². The molecule has 0 aliphatic rings. The van der Waals surface area contributed by atoms with Crippen LogP contribution in [0.15, 0.2) is 18.2 Å². The Morgan fingerprint density at radius 1 is 1.50 bits per heavy atom. The van der Waals surface area contributed by atoms with E-state index in [0.717, 1.165) is 10.2 Å². The highest BCUT2D eigenvalue weighted by Crippen LogP contribution is 2.28. The van der Waals surface area contributed by atoms with Gasteiger partial charge in [-0.1, -0.05) is 36.8 Å². The zero-order chi connectivity index (χ0) is 13.1. The van der Waals surface area contributed by atoms with E-state index < -0.39 is 0 Å². The van der Waals surface area contributed by atoms with E-state index in [-0.39, 0.29) is 18.5 Å². The number of hydrogen-bond donors (Lipinski definition) is 2. The quantitative estimate of drug-likeness (QED) is 0.907. The van der Waals surface area contributed by atoms with Crippen molar-refractivity contribution < 1.29 is 4.79 Å². The lowest BCUT2D eigenvalue weighted by Crippen LogP contribution is -2.32. The molecule has 0 fully saturated rings. The first-order valence-electron chi connectivity index (χ1n) is 5.64. The molecule has 1 amide bonds. The highest BCUT2D eigenvalue weighted by molar-refractivity contribution is 7.22. The lowest BCUT2D eigenvalue weighted by atomic mass is 10.3. The fraction of sp³-hybridized carbons (Fsp3) is 0.333. The molecule has 1 aromatic heterocycles. The minimum Gasteiger partial charge on any atom is -0.306 e. The third kappa shape index (κ3) is 3.41. The number of halogens is 1. The first kappa shape index (κ1) is 13.3. The van der Waals surface area contributed by atoms with Crippen LogP contribution in [0.4, 0.5) is 5.13 Å². The fourth-order valence-electron chi connectivity index (χ4n) is 1.41. The first-order valence-corrected chi connectivity index (χ1v) is 6.83. The molecule has 0 spiro atoms. The Balaban J connectivity index is 2.05. The van der Waals surface area contributed by atoms with Crippen LogP contribution in [-0.4, -0.2) is 23.5 Å². The van der Waals surface area contributed by atoms with Crippen LogP contribution in [0.2, 0.25) is 5.02 Å². The molecule has 2 aromatic rings. The molecular formula is C12H14ClN3OS. The molecule has 4 nitrogen and oxygen atoms in total. The summed E-state index contributed by atoms with van der Waals surface area (Å²) in [5.74, 6) is -0.0890. The predicted octanol–water partition coefficient (Wildman–Crippen LogP) is 2.89. The molecule has 0 bridgehead atoms. The van der Waals surface area contributed by atoms with Gasteiger partial charge in [0.1, 0.15) is 0 Å². The van der Waals surface area contributed by atoms with E-state index in [2.05, 4.69) is 15.6 Å². The molecule has 0 atom stereocenters. The second kappa shape index (κ2) is 5.65. The van der Waals surface area contributed by atoms with E-state index in [1.54, 1.807) is 6.07 Å². The highest BCUT2D eigenvalue weighted by Gasteiger charge is 2.08. The van der Waals surface area contributed by atoms with Gasteiger partial charge in [0, 0.05) is 11.1 Å². The van der Waals surface area contributed by atoms with Gasteiger partial charge in [0.05, 0.1) is 16.8 Å². The van der Waals surface area contributed by atoms with Crippen LogP contribution in [-0.2, 0) is 4.79 Å². The normalized spacial score (nSPS) is 11.1. The topological polar surface area (TPSA) is 54.0 Å². The number of hydrogen-bond acceptors (Lipinski definition) is 4. The van der Waals surface area contributed by atoms with Crippen LogP contribution in [0.1, 0.15) is 13.8 Å². The van der Waals surface area contributed by atoms with Crippen LogP contribution in [0.25, 0.3) is 10.2 Å². The second-order valence-corrected chi connectivity index (χ2v) is 5.68. The molecule has 1 aromatic carbocycles. The summed E-state index contributed by atoms with van der Waals surface area (Å²) in [7, 11) is 0. The van der Waals surface area contributed by atoms with E-state index >= 15 is 0 Å². The molecule has 96 valence electrons. The van der Waals surface area contributed by atoms with Crippen molar-refractivity contribution in [2.45, 2.75) is 19.9 Å². The maximum atomic E-state index is 11.6. The number of amides is 1. The molecule has 2 rings (SSSR count). The van der Waals surface area contributed by atoms with Crippen LogP contribution < -0.4 is 10.6 Å². The van der Waals surface area contributed by atoms with Gasteiger partial charge < -0.3 is 10.6 Å². The van der Waals surface area contributed by atoms with Crippen molar-refractivity contribution in [1.29, 1.82) is 0 Å². The molecular weight excluding hydrogens is 270 g/mol. The molecule has 2 N–H and O–H groups in total. The Bertz CT molecular complexity index is 567. The maximum Gasteiger partial charge on any atom is 0.240 e. The van der Waals surface area contributed by atoms with Gasteiger partial charge in [-0.3, -0.25) is 4.79 Å². The van der Waals surface area contributed by atoms with Gasteiger partial charge in [-0.05, 0) is 18.2 Å². The Morgan fingerprint density at radius 2 is 2.28 bits per heavy atom. The summed E-state index contributed by atoms with van der Waals surface area (Å²) in [6.45, 7) is 4.27. The van der Waals surface area contributed by atoms with Crippen molar-refractivity contribution in [3.8, 4) is 0 Å². The van der Waals surface area contributed by atoms with E-state index in [4.69, 9.17) is 11.6 Å². The Morgan fingerprint density at radius 3 is 3.00 bits per heavy atom. The van der Waals surface area contributed by atoms with Gasteiger partial charge in [0.25, 0.3) is 0 Å². The van der Waals surface area contributed by atoms with Gasteiger partial charge in [0.15, 0.2) is 5.13 Å². The van der Waals surface area contributed by atoms with Crippen LogP contribution in [0, 0.1) is 0 Å². The maximum absolute atomic E-state index is 11.6. The molecule has 0 radical (unpaired) electrons. The van der Waals surface area contributed by atoms with Crippen LogP contribution in [0.3, 0.4) is 0 Å². The summed E-state index contributed by atoms with van der Waals surface area (Å²) in [6, 6.07) is 5.76. The van der Waals surface area contributed by atoms with Gasteiger partial charge in [-0.25, -0.2) is 4.98 Å². The molecule has 6 heteroatoms. The molecule has 0 saturated heterocycles. The number of carbonyl (C=O) groups is 1. The predicted molar refractivity (Wildman–Crippen MR) is 76.4 cm³/mol. The van der Waals surface area contributed by atoms with Gasteiger partial charge in [-0.2, -0.15) is 0 Å². The van der Waals surface area contributed by atoms with Gasteiger partial charge in [0.2, 0.25) is 5.91 Å². The van der Waals surface area contributed by atoms with Gasteiger partial charge >= 0.3 is 0 Å². The standard InChI is InChI=1S/C12H14ClN3OS/c1-7(2)14-6-11(17)16-12-15-9-4-3-8(13)5-10(9)18-12/h3-5,7,14H,6H2,1-2H3,(H,15,16,17). The number of aromatic nitrogens is 1. The Hall–Kier alpha value is -1.17. The van der Waals surface area contributed by atoms with Crippen molar-refractivity contribution in [2.75, 3.05) is 11.9 Å². The molecule has 0 aliphatic heterocycles. The summed E-state index contributed by atoms with van der Waals surface area (Å²) in [6.07, 6.45) is 0. The first-order chi connectivity index (χ1) is 8.54. The highest BCUT2D eigenvalue weighted by atomic mass is 35.5. The monoisotopic (exact) mass is 283 g/mol. The number of thiazole rings is 1. The second-order valence-electron chi connectivity index (χ2n) is 4.21.